The van der Waals surface area contributed by atoms with Crippen molar-refractivity contribution in [2.24, 2.45) is 0 Å². The van der Waals surface area contributed by atoms with Crippen LogP contribution in [0.3, 0.4) is 0 Å². The predicted octanol–water partition coefficient (Wildman–Crippen LogP) is 3.20. The molecule has 1 amide bonds. The number of hydrogen-bond donors (Lipinski definition) is 0. The van der Waals surface area contributed by atoms with Gasteiger partial charge in [0, 0.05) is 24.4 Å². The average Bonchev–Trinajstić information content (AvgIpc) is 3.23. The summed E-state index contributed by atoms with van der Waals surface area (Å²) in [5, 5.41) is 0. The van der Waals surface area contributed by atoms with Crippen LogP contribution in [0, 0.1) is 6.92 Å². The Morgan fingerprint density at radius 1 is 1.39 bits per heavy atom. The van der Waals surface area contributed by atoms with Gasteiger partial charge in [-0.15, -0.1) is 11.3 Å². The van der Waals surface area contributed by atoms with Crippen LogP contribution >= 0.6 is 11.3 Å². The molecule has 0 N–H and O–H groups in total. The minimum Gasteiger partial charge on any atom is -0.379 e. The Hall–Kier alpha value is -1.72. The zero-order chi connectivity index (χ0) is 16.1. The second-order valence-corrected chi connectivity index (χ2v) is 6.82. The molecule has 1 unspecified atom stereocenters. The Morgan fingerprint density at radius 2 is 2.22 bits per heavy atom. The monoisotopic (exact) mass is 330 g/mol. The zero-order valence-electron chi connectivity index (χ0n) is 13.4. The van der Waals surface area contributed by atoms with Crippen molar-refractivity contribution in [2.45, 2.75) is 38.8 Å². The second kappa shape index (κ2) is 7.70. The van der Waals surface area contributed by atoms with E-state index in [-0.39, 0.29) is 11.9 Å². The number of nitrogens with zero attached hydrogens (tertiary/aromatic N) is 2. The molecule has 0 aliphatic carbocycles. The fourth-order valence-corrected chi connectivity index (χ4v) is 3.68. The minimum atomic E-state index is 0.199. The molecule has 23 heavy (non-hydrogen) atoms. The molecule has 0 bridgehead atoms. The molecule has 1 aromatic carbocycles. The second-order valence-electron chi connectivity index (χ2n) is 5.89. The molecular formula is C18H22N2O2S. The van der Waals surface area contributed by atoms with E-state index in [1.54, 1.807) is 11.3 Å². The molecule has 0 spiro atoms. The van der Waals surface area contributed by atoms with Crippen LogP contribution in [0.5, 0.6) is 0 Å². The summed E-state index contributed by atoms with van der Waals surface area (Å²) in [6, 6.07) is 10.4. The third-order valence-electron chi connectivity index (χ3n) is 4.27. The summed E-state index contributed by atoms with van der Waals surface area (Å²) in [7, 11) is 0. The van der Waals surface area contributed by atoms with E-state index in [1.165, 1.54) is 10.4 Å². The molecule has 2 aromatic rings. The summed E-state index contributed by atoms with van der Waals surface area (Å²) in [6.45, 7) is 4.06. The van der Waals surface area contributed by atoms with E-state index in [1.807, 2.05) is 35.5 Å². The Labute approximate surface area is 141 Å². The number of carbonyl (C=O) groups excluding carboxylic acids is 1. The highest BCUT2D eigenvalue weighted by atomic mass is 32.1. The lowest BCUT2D eigenvalue weighted by Gasteiger charge is -2.28. The molecule has 1 saturated heterocycles. The topological polar surface area (TPSA) is 42.4 Å². The van der Waals surface area contributed by atoms with Gasteiger partial charge >= 0.3 is 0 Å². The molecule has 1 fully saturated rings. The van der Waals surface area contributed by atoms with E-state index >= 15 is 0 Å². The molecule has 0 saturated carbocycles. The lowest BCUT2D eigenvalue weighted by atomic mass is 10.1. The first-order valence-electron chi connectivity index (χ1n) is 8.04. The van der Waals surface area contributed by atoms with Gasteiger partial charge in [-0.25, -0.2) is 4.98 Å². The predicted molar refractivity (Wildman–Crippen MR) is 91.4 cm³/mol. The first-order valence-corrected chi connectivity index (χ1v) is 8.92. The molecule has 1 aliphatic rings. The van der Waals surface area contributed by atoms with Crippen LogP contribution in [0.25, 0.3) is 0 Å². The maximum Gasteiger partial charge on any atom is 0.223 e. The van der Waals surface area contributed by atoms with Crippen molar-refractivity contribution in [3.05, 3.63) is 52.0 Å². The normalized spacial score (nSPS) is 17.3. The number of rotatable bonds is 6. The van der Waals surface area contributed by atoms with Crippen molar-refractivity contribution < 1.29 is 9.53 Å². The number of aryl methyl sites for hydroxylation is 2. The third-order valence-corrected chi connectivity index (χ3v) is 5.27. The van der Waals surface area contributed by atoms with Gasteiger partial charge in [-0.1, -0.05) is 30.3 Å². The number of aromatic nitrogens is 1. The van der Waals surface area contributed by atoms with E-state index in [0.717, 1.165) is 25.1 Å². The van der Waals surface area contributed by atoms with Gasteiger partial charge in [-0.05, 0) is 25.3 Å². The highest BCUT2D eigenvalue weighted by Crippen LogP contribution is 2.20. The van der Waals surface area contributed by atoms with Crippen LogP contribution in [0.4, 0.5) is 0 Å². The van der Waals surface area contributed by atoms with Crippen LogP contribution in [-0.2, 0) is 22.5 Å². The molecular weight excluding hydrogens is 308 g/mol. The summed E-state index contributed by atoms with van der Waals surface area (Å²) >= 11 is 1.63. The van der Waals surface area contributed by atoms with E-state index in [4.69, 9.17) is 4.74 Å². The van der Waals surface area contributed by atoms with Crippen LogP contribution < -0.4 is 0 Å². The Morgan fingerprint density at radius 3 is 2.87 bits per heavy atom. The highest BCUT2D eigenvalue weighted by Gasteiger charge is 2.27. The van der Waals surface area contributed by atoms with Crippen LogP contribution in [0.15, 0.2) is 35.8 Å². The van der Waals surface area contributed by atoms with Crippen molar-refractivity contribution >= 4 is 17.2 Å². The van der Waals surface area contributed by atoms with Gasteiger partial charge in [-0.2, -0.15) is 0 Å². The van der Waals surface area contributed by atoms with Crippen molar-refractivity contribution in [3.63, 3.8) is 0 Å². The summed E-state index contributed by atoms with van der Waals surface area (Å²) in [4.78, 5) is 20.3. The number of carbonyl (C=O) groups is 1. The highest BCUT2D eigenvalue weighted by molar-refractivity contribution is 7.09. The lowest BCUT2D eigenvalue weighted by molar-refractivity contribution is -0.134. The molecule has 4 nitrogen and oxygen atoms in total. The molecule has 5 heteroatoms. The Kier molecular flexibility index (Phi) is 5.41. The van der Waals surface area contributed by atoms with Gasteiger partial charge in [0.15, 0.2) is 0 Å². The zero-order valence-corrected chi connectivity index (χ0v) is 14.2. The summed E-state index contributed by atoms with van der Waals surface area (Å²) in [5.41, 5.74) is 4.06. The largest absolute Gasteiger partial charge is 0.379 e. The summed E-state index contributed by atoms with van der Waals surface area (Å²) < 4.78 is 5.49. The quantitative estimate of drug-likeness (QED) is 0.817. The molecule has 1 aromatic heterocycles. The summed E-state index contributed by atoms with van der Waals surface area (Å²) in [5.74, 6) is 0.206. The third kappa shape index (κ3) is 4.18. The van der Waals surface area contributed by atoms with Crippen LogP contribution in [0.1, 0.15) is 29.0 Å². The maximum absolute atomic E-state index is 12.8. The molecule has 2 heterocycles. The van der Waals surface area contributed by atoms with Gasteiger partial charge in [-0.3, -0.25) is 4.79 Å². The molecule has 1 atom stereocenters. The number of ether oxygens (including phenoxy) is 1. The van der Waals surface area contributed by atoms with Crippen molar-refractivity contribution in [1.82, 2.24) is 9.88 Å². The Balaban J connectivity index is 1.66. The van der Waals surface area contributed by atoms with E-state index in [9.17, 15) is 4.79 Å². The molecule has 122 valence electrons. The van der Waals surface area contributed by atoms with Crippen molar-refractivity contribution in [1.29, 1.82) is 0 Å². The SMILES string of the molecule is Cc1ncsc1CCC(=O)N(Cc1ccccc1)C1CCOC1. The first-order chi connectivity index (χ1) is 11.2. The van der Waals surface area contributed by atoms with Gasteiger partial charge in [0.05, 0.1) is 23.9 Å². The molecule has 1 aliphatic heterocycles. The number of benzene rings is 1. The average molecular weight is 330 g/mol. The number of thiazole rings is 1. The van der Waals surface area contributed by atoms with Crippen molar-refractivity contribution in [3.8, 4) is 0 Å². The Bertz CT molecular complexity index is 635. The van der Waals surface area contributed by atoms with Gasteiger partial charge in [0.1, 0.15) is 0 Å². The number of amides is 1. The molecule has 0 radical (unpaired) electrons. The summed E-state index contributed by atoms with van der Waals surface area (Å²) in [6.07, 6.45) is 2.23. The van der Waals surface area contributed by atoms with E-state index in [2.05, 4.69) is 17.1 Å². The van der Waals surface area contributed by atoms with Gasteiger partial charge in [0.25, 0.3) is 0 Å². The smallest absolute Gasteiger partial charge is 0.223 e. The van der Waals surface area contributed by atoms with E-state index in [0.29, 0.717) is 19.6 Å². The number of hydrogen-bond acceptors (Lipinski definition) is 4. The fourth-order valence-electron chi connectivity index (χ4n) is 2.90. The first kappa shape index (κ1) is 16.1. The van der Waals surface area contributed by atoms with Gasteiger partial charge in [0.2, 0.25) is 5.91 Å². The standard InChI is InChI=1S/C18H22N2O2S/c1-14-17(23-13-19-14)7-8-18(21)20(16-9-10-22-12-16)11-15-5-3-2-4-6-15/h2-6,13,16H,7-12H2,1H3. The van der Waals surface area contributed by atoms with Crippen LogP contribution in [-0.4, -0.2) is 35.0 Å². The minimum absolute atomic E-state index is 0.199. The van der Waals surface area contributed by atoms with E-state index < -0.39 is 0 Å². The fraction of sp³-hybridized carbons (Fsp3) is 0.444. The lowest BCUT2D eigenvalue weighted by Crippen LogP contribution is -2.40. The maximum atomic E-state index is 12.8. The van der Waals surface area contributed by atoms with Crippen LogP contribution in [0.2, 0.25) is 0 Å². The van der Waals surface area contributed by atoms with Crippen molar-refractivity contribution in [2.75, 3.05) is 13.2 Å². The molecule has 3 rings (SSSR count). The van der Waals surface area contributed by atoms with Gasteiger partial charge < -0.3 is 9.64 Å².